The van der Waals surface area contributed by atoms with Crippen molar-refractivity contribution in [3.63, 3.8) is 0 Å². The zero-order valence-electron chi connectivity index (χ0n) is 22.9. The van der Waals surface area contributed by atoms with Gasteiger partial charge in [0, 0.05) is 24.7 Å². The van der Waals surface area contributed by atoms with Crippen LogP contribution in [-0.4, -0.2) is 42.8 Å². The van der Waals surface area contributed by atoms with Crippen molar-refractivity contribution in [2.75, 3.05) is 13.6 Å². The van der Waals surface area contributed by atoms with Gasteiger partial charge in [-0.05, 0) is 73.2 Å². The van der Waals surface area contributed by atoms with Gasteiger partial charge >= 0.3 is 0 Å². The predicted octanol–water partition coefficient (Wildman–Crippen LogP) is 6.16. The summed E-state index contributed by atoms with van der Waals surface area (Å²) < 4.78 is 35.9. The van der Waals surface area contributed by atoms with Crippen molar-refractivity contribution in [1.82, 2.24) is 9.21 Å². The van der Waals surface area contributed by atoms with Gasteiger partial charge in [0.15, 0.2) is 0 Å². The summed E-state index contributed by atoms with van der Waals surface area (Å²) in [5.74, 6) is 1.30. The number of nitrogens with zero attached hydrogens (tertiary/aromatic N) is 2. The number of rotatable bonds is 10. The van der Waals surface area contributed by atoms with E-state index in [0.29, 0.717) is 30.4 Å². The molecule has 0 unspecified atom stereocenters. The monoisotopic (exact) mass is 552 g/mol. The highest BCUT2D eigenvalue weighted by atomic mass is 32.2. The van der Waals surface area contributed by atoms with E-state index in [1.807, 2.05) is 42.5 Å². The van der Waals surface area contributed by atoms with Crippen LogP contribution in [0.25, 0.3) is 0 Å². The summed E-state index contributed by atoms with van der Waals surface area (Å²) >= 11 is 0. The minimum atomic E-state index is -3.65. The number of piperidine rings is 1. The molecule has 1 aliphatic heterocycles. The van der Waals surface area contributed by atoms with Crippen molar-refractivity contribution in [3.8, 4) is 5.75 Å². The molecule has 3 atom stereocenters. The van der Waals surface area contributed by atoms with Gasteiger partial charge in [0.25, 0.3) is 0 Å². The molecule has 40 heavy (non-hydrogen) atoms. The van der Waals surface area contributed by atoms with Crippen LogP contribution in [0.5, 0.6) is 5.75 Å². The first-order valence-electron chi connectivity index (χ1n) is 14.0. The van der Waals surface area contributed by atoms with E-state index in [1.54, 1.807) is 28.6 Å². The Bertz CT molecular complexity index is 1510. The molecule has 4 aromatic carbocycles. The molecular weight excluding hydrogens is 516 g/mol. The quantitative estimate of drug-likeness (QED) is 0.236. The fraction of sp³-hybridized carbons (Fsp3) is 0.294. The Balaban J connectivity index is 1.28. The number of hydrogen-bond donors (Lipinski definition) is 0. The molecular formula is C34H36N2O3S. The summed E-state index contributed by atoms with van der Waals surface area (Å²) in [7, 11) is -1.48. The molecule has 0 N–H and O–H groups in total. The van der Waals surface area contributed by atoms with Crippen LogP contribution in [0.4, 0.5) is 0 Å². The van der Waals surface area contributed by atoms with Gasteiger partial charge in [0.1, 0.15) is 12.4 Å². The Kier molecular flexibility index (Phi) is 7.49. The normalized spacial score (nSPS) is 22.6. The number of sulfonamides is 1. The summed E-state index contributed by atoms with van der Waals surface area (Å²) in [5.41, 5.74) is 3.29. The van der Waals surface area contributed by atoms with E-state index in [4.69, 9.17) is 4.74 Å². The van der Waals surface area contributed by atoms with Crippen molar-refractivity contribution >= 4 is 10.0 Å². The molecule has 4 aromatic rings. The van der Waals surface area contributed by atoms with Crippen molar-refractivity contribution in [1.29, 1.82) is 0 Å². The third-order valence-corrected chi connectivity index (χ3v) is 10.6. The highest BCUT2D eigenvalue weighted by Gasteiger charge is 2.66. The van der Waals surface area contributed by atoms with Crippen molar-refractivity contribution in [2.24, 2.45) is 5.92 Å². The van der Waals surface area contributed by atoms with Gasteiger partial charge in [-0.15, -0.1) is 0 Å². The van der Waals surface area contributed by atoms with E-state index in [1.165, 1.54) is 5.56 Å². The Morgan fingerprint density at radius 3 is 2.05 bits per heavy atom. The summed E-state index contributed by atoms with van der Waals surface area (Å²) in [6, 6.07) is 37.5. The first-order valence-corrected chi connectivity index (χ1v) is 15.5. The predicted molar refractivity (Wildman–Crippen MR) is 158 cm³/mol. The fourth-order valence-corrected chi connectivity index (χ4v) is 8.20. The molecule has 0 spiro atoms. The molecule has 1 aliphatic carbocycles. The third kappa shape index (κ3) is 5.31. The minimum absolute atomic E-state index is 0.166. The summed E-state index contributed by atoms with van der Waals surface area (Å²) in [6.45, 7) is 1.85. The number of fused-ring (bicyclic) bond motifs is 1. The van der Waals surface area contributed by atoms with Gasteiger partial charge in [0.2, 0.25) is 10.0 Å². The average molecular weight is 553 g/mol. The van der Waals surface area contributed by atoms with Gasteiger partial charge < -0.3 is 4.74 Å². The van der Waals surface area contributed by atoms with Crippen LogP contribution < -0.4 is 4.74 Å². The standard InChI is InChI=1S/C34H36N2O3S/c1-35(25-28-11-5-2-6-12-28)34-24-30(34)21-22-36(40(37,38)32-15-9-4-10-16-32)33(34)23-27-17-19-31(20-18-27)39-26-29-13-7-3-8-14-29/h2-20,30,33H,21-26H2,1H3/t30-,33+,34-/m1/s1. The van der Waals surface area contributed by atoms with Crippen molar-refractivity contribution in [2.45, 2.75) is 48.9 Å². The average Bonchev–Trinajstić information content (AvgIpc) is 3.75. The SMILES string of the molecule is CN(Cc1ccccc1)[C@]12C[C@H]1CCN(S(=O)(=O)c1ccccc1)[C@H]2Cc1ccc(OCc2ccccc2)cc1. The van der Waals surface area contributed by atoms with E-state index >= 15 is 0 Å². The summed E-state index contributed by atoms with van der Waals surface area (Å²) in [5, 5.41) is 0. The van der Waals surface area contributed by atoms with Crippen molar-refractivity contribution in [3.05, 3.63) is 132 Å². The first kappa shape index (κ1) is 26.8. The molecule has 1 saturated carbocycles. The second-order valence-electron chi connectivity index (χ2n) is 11.1. The van der Waals surface area contributed by atoms with Gasteiger partial charge in [-0.2, -0.15) is 4.31 Å². The maximum Gasteiger partial charge on any atom is 0.243 e. The summed E-state index contributed by atoms with van der Waals surface area (Å²) in [4.78, 5) is 2.78. The second-order valence-corrected chi connectivity index (χ2v) is 13.0. The molecule has 0 aromatic heterocycles. The van der Waals surface area contributed by atoms with E-state index < -0.39 is 10.0 Å². The van der Waals surface area contributed by atoms with Crippen LogP contribution in [0.1, 0.15) is 29.5 Å². The Hall–Kier alpha value is -3.45. The molecule has 6 rings (SSSR count). The fourth-order valence-electron chi connectivity index (χ4n) is 6.49. The Morgan fingerprint density at radius 1 is 0.800 bits per heavy atom. The van der Waals surface area contributed by atoms with E-state index in [0.717, 1.165) is 36.3 Å². The van der Waals surface area contributed by atoms with Crippen LogP contribution in [-0.2, 0) is 29.6 Å². The molecule has 2 fully saturated rings. The Morgan fingerprint density at radius 2 is 1.40 bits per heavy atom. The maximum atomic E-state index is 14.0. The first-order chi connectivity index (χ1) is 19.5. The lowest BCUT2D eigenvalue weighted by Crippen LogP contribution is -2.59. The van der Waals surface area contributed by atoms with Crippen LogP contribution in [0, 0.1) is 5.92 Å². The number of ether oxygens (including phenoxy) is 1. The molecule has 1 heterocycles. The van der Waals surface area contributed by atoms with Gasteiger partial charge in [-0.1, -0.05) is 91.0 Å². The minimum Gasteiger partial charge on any atom is -0.489 e. The number of benzene rings is 4. The lowest BCUT2D eigenvalue weighted by atomic mass is 9.90. The summed E-state index contributed by atoms with van der Waals surface area (Å²) in [6.07, 6.45) is 2.55. The highest BCUT2D eigenvalue weighted by Crippen LogP contribution is 2.58. The molecule has 2 aliphatic rings. The molecule has 206 valence electrons. The van der Waals surface area contributed by atoms with Crippen LogP contribution in [0.3, 0.4) is 0 Å². The van der Waals surface area contributed by atoms with Gasteiger partial charge in [0.05, 0.1) is 4.90 Å². The molecule has 0 amide bonds. The lowest BCUT2D eigenvalue weighted by molar-refractivity contribution is 0.0792. The zero-order valence-corrected chi connectivity index (χ0v) is 23.7. The largest absolute Gasteiger partial charge is 0.489 e. The molecule has 5 nitrogen and oxygen atoms in total. The lowest BCUT2D eigenvalue weighted by Gasteiger charge is -2.45. The number of likely N-dealkylation sites (N-methyl/N-ethyl adjacent to an activating group) is 1. The van der Waals surface area contributed by atoms with Gasteiger partial charge in [-0.25, -0.2) is 8.42 Å². The zero-order chi connectivity index (χ0) is 27.6. The molecule has 6 heteroatoms. The topological polar surface area (TPSA) is 49.9 Å². The van der Waals surface area contributed by atoms with Crippen molar-refractivity contribution < 1.29 is 13.2 Å². The smallest absolute Gasteiger partial charge is 0.243 e. The van der Waals surface area contributed by atoms with Gasteiger partial charge in [-0.3, -0.25) is 4.90 Å². The number of hydrogen-bond acceptors (Lipinski definition) is 4. The third-order valence-electron chi connectivity index (χ3n) is 8.67. The highest BCUT2D eigenvalue weighted by molar-refractivity contribution is 7.89. The van der Waals surface area contributed by atoms with E-state index in [-0.39, 0.29) is 11.6 Å². The van der Waals surface area contributed by atoms with E-state index in [9.17, 15) is 8.42 Å². The van der Waals surface area contributed by atoms with Crippen LogP contribution in [0.15, 0.2) is 120 Å². The molecule has 1 saturated heterocycles. The Labute approximate surface area is 238 Å². The van der Waals surface area contributed by atoms with Crippen LogP contribution in [0.2, 0.25) is 0 Å². The maximum absolute atomic E-state index is 14.0. The second kappa shape index (κ2) is 11.2. The molecule has 0 radical (unpaired) electrons. The molecule has 0 bridgehead atoms. The van der Waals surface area contributed by atoms with E-state index in [2.05, 4.69) is 60.5 Å². The van der Waals surface area contributed by atoms with Crippen LogP contribution >= 0.6 is 0 Å².